The summed E-state index contributed by atoms with van der Waals surface area (Å²) in [5, 5.41) is 2.97. The highest BCUT2D eigenvalue weighted by molar-refractivity contribution is 5.92. The standard InChI is InChI=1S/C20H21NO4/c1-14(10-16-4-3-5-17(11-16)23-2)21-20(22)9-7-15-6-8-18-19(12-15)25-13-24-18/h3-9,11-12,14H,10,13H2,1-2H3,(H,21,22)/b9-7+. The van der Waals surface area contributed by atoms with Crippen LogP contribution in [0.4, 0.5) is 0 Å². The number of methoxy groups -OCH3 is 1. The second-order valence-electron chi connectivity index (χ2n) is 5.91. The van der Waals surface area contributed by atoms with Crippen LogP contribution < -0.4 is 19.5 Å². The van der Waals surface area contributed by atoms with Crippen molar-refractivity contribution in [2.24, 2.45) is 0 Å². The minimum Gasteiger partial charge on any atom is -0.497 e. The van der Waals surface area contributed by atoms with Gasteiger partial charge in [0.2, 0.25) is 12.7 Å². The molecule has 0 aliphatic carbocycles. The predicted molar refractivity (Wildman–Crippen MR) is 95.9 cm³/mol. The SMILES string of the molecule is COc1cccc(CC(C)NC(=O)/C=C/c2ccc3c(c2)OCO3)c1. The van der Waals surface area contributed by atoms with Crippen LogP contribution in [-0.4, -0.2) is 25.9 Å². The Hall–Kier alpha value is -2.95. The molecule has 2 aromatic carbocycles. The van der Waals surface area contributed by atoms with Crippen LogP contribution in [0, 0.1) is 0 Å². The second-order valence-corrected chi connectivity index (χ2v) is 5.91. The van der Waals surface area contributed by atoms with Gasteiger partial charge in [0, 0.05) is 12.1 Å². The van der Waals surface area contributed by atoms with Crippen molar-refractivity contribution < 1.29 is 19.0 Å². The Kier molecular flexibility index (Phi) is 5.23. The zero-order valence-corrected chi connectivity index (χ0v) is 14.3. The van der Waals surface area contributed by atoms with Crippen molar-refractivity contribution in [3.63, 3.8) is 0 Å². The highest BCUT2D eigenvalue weighted by atomic mass is 16.7. The lowest BCUT2D eigenvalue weighted by molar-refractivity contribution is -0.117. The van der Waals surface area contributed by atoms with Crippen molar-refractivity contribution in [2.75, 3.05) is 13.9 Å². The lowest BCUT2D eigenvalue weighted by Crippen LogP contribution is -2.32. The zero-order valence-electron chi connectivity index (χ0n) is 14.3. The van der Waals surface area contributed by atoms with Crippen LogP contribution in [0.25, 0.3) is 6.08 Å². The molecule has 0 saturated carbocycles. The van der Waals surface area contributed by atoms with E-state index in [4.69, 9.17) is 14.2 Å². The normalized spacial score (nSPS) is 13.7. The summed E-state index contributed by atoms with van der Waals surface area (Å²) in [5.74, 6) is 2.12. The maximum Gasteiger partial charge on any atom is 0.244 e. The molecular weight excluding hydrogens is 318 g/mol. The molecule has 0 saturated heterocycles. The highest BCUT2D eigenvalue weighted by Gasteiger charge is 2.12. The number of rotatable bonds is 6. The van der Waals surface area contributed by atoms with Gasteiger partial charge >= 0.3 is 0 Å². The average Bonchev–Trinajstić information content (AvgIpc) is 3.07. The van der Waals surface area contributed by atoms with E-state index in [2.05, 4.69) is 5.32 Å². The Bertz CT molecular complexity index is 785. The summed E-state index contributed by atoms with van der Waals surface area (Å²) < 4.78 is 15.8. The Morgan fingerprint density at radius 2 is 2.08 bits per heavy atom. The van der Waals surface area contributed by atoms with Gasteiger partial charge in [-0.3, -0.25) is 4.79 Å². The Balaban J connectivity index is 1.54. The average molecular weight is 339 g/mol. The Morgan fingerprint density at radius 3 is 2.92 bits per heavy atom. The number of benzene rings is 2. The third-order valence-electron chi connectivity index (χ3n) is 3.89. The van der Waals surface area contributed by atoms with Gasteiger partial charge in [-0.2, -0.15) is 0 Å². The van der Waals surface area contributed by atoms with E-state index < -0.39 is 0 Å². The van der Waals surface area contributed by atoms with Crippen LogP contribution in [0.15, 0.2) is 48.5 Å². The van der Waals surface area contributed by atoms with Gasteiger partial charge in [-0.15, -0.1) is 0 Å². The van der Waals surface area contributed by atoms with E-state index in [1.54, 1.807) is 13.2 Å². The van der Waals surface area contributed by atoms with Crippen LogP contribution in [-0.2, 0) is 11.2 Å². The minimum absolute atomic E-state index is 0.0148. The van der Waals surface area contributed by atoms with Gasteiger partial charge in [-0.05, 0) is 54.8 Å². The monoisotopic (exact) mass is 339 g/mol. The van der Waals surface area contributed by atoms with E-state index in [9.17, 15) is 4.79 Å². The van der Waals surface area contributed by atoms with Crippen molar-refractivity contribution in [1.29, 1.82) is 0 Å². The number of hydrogen-bond donors (Lipinski definition) is 1. The summed E-state index contributed by atoms with van der Waals surface area (Å²) in [6, 6.07) is 13.4. The number of carbonyl (C=O) groups is 1. The first kappa shape index (κ1) is 16.9. The van der Waals surface area contributed by atoms with Crippen LogP contribution in [0.2, 0.25) is 0 Å². The quantitative estimate of drug-likeness (QED) is 0.821. The van der Waals surface area contributed by atoms with E-state index in [0.717, 1.165) is 29.0 Å². The molecule has 1 N–H and O–H groups in total. The molecular formula is C20H21NO4. The van der Waals surface area contributed by atoms with Crippen molar-refractivity contribution >= 4 is 12.0 Å². The molecule has 1 amide bonds. The van der Waals surface area contributed by atoms with Crippen molar-refractivity contribution in [3.8, 4) is 17.2 Å². The first-order valence-corrected chi connectivity index (χ1v) is 8.15. The molecule has 0 bridgehead atoms. The van der Waals surface area contributed by atoms with E-state index in [0.29, 0.717) is 5.75 Å². The molecule has 25 heavy (non-hydrogen) atoms. The summed E-state index contributed by atoms with van der Waals surface area (Å²) in [7, 11) is 1.64. The molecule has 5 nitrogen and oxygen atoms in total. The van der Waals surface area contributed by atoms with E-state index in [-0.39, 0.29) is 18.7 Å². The van der Waals surface area contributed by atoms with Crippen molar-refractivity contribution in [3.05, 3.63) is 59.7 Å². The molecule has 5 heteroatoms. The fourth-order valence-corrected chi connectivity index (χ4v) is 2.68. The molecule has 0 fully saturated rings. The predicted octanol–water partition coefficient (Wildman–Crippen LogP) is 3.18. The Labute approximate surface area is 147 Å². The molecule has 1 atom stereocenters. The van der Waals surface area contributed by atoms with Crippen molar-refractivity contribution in [2.45, 2.75) is 19.4 Å². The smallest absolute Gasteiger partial charge is 0.244 e. The molecule has 0 radical (unpaired) electrons. The first-order chi connectivity index (χ1) is 12.1. The van der Waals surface area contributed by atoms with Crippen molar-refractivity contribution in [1.82, 2.24) is 5.32 Å². The lowest BCUT2D eigenvalue weighted by Gasteiger charge is -2.13. The summed E-state index contributed by atoms with van der Waals surface area (Å²) in [4.78, 5) is 12.1. The third-order valence-corrected chi connectivity index (χ3v) is 3.89. The van der Waals surface area contributed by atoms with Gasteiger partial charge in [0.25, 0.3) is 0 Å². The number of fused-ring (bicyclic) bond motifs is 1. The fourth-order valence-electron chi connectivity index (χ4n) is 2.68. The van der Waals surface area contributed by atoms with Gasteiger partial charge in [0.15, 0.2) is 11.5 Å². The number of nitrogens with one attached hydrogen (secondary N) is 1. The number of hydrogen-bond acceptors (Lipinski definition) is 4. The molecule has 1 heterocycles. The lowest BCUT2D eigenvalue weighted by atomic mass is 10.1. The molecule has 0 aromatic heterocycles. The van der Waals surface area contributed by atoms with Crippen LogP contribution >= 0.6 is 0 Å². The molecule has 1 aliphatic rings. The summed E-state index contributed by atoms with van der Waals surface area (Å²) in [6.07, 6.45) is 4.02. The van der Waals surface area contributed by atoms with Crippen LogP contribution in [0.1, 0.15) is 18.1 Å². The third kappa shape index (κ3) is 4.53. The molecule has 2 aromatic rings. The first-order valence-electron chi connectivity index (χ1n) is 8.15. The van der Waals surface area contributed by atoms with Crippen LogP contribution in [0.5, 0.6) is 17.2 Å². The number of amides is 1. The molecule has 3 rings (SSSR count). The molecule has 1 aliphatic heterocycles. The second kappa shape index (κ2) is 7.75. The molecule has 130 valence electrons. The minimum atomic E-state index is -0.131. The Morgan fingerprint density at radius 1 is 1.24 bits per heavy atom. The zero-order chi connectivity index (χ0) is 17.6. The highest BCUT2D eigenvalue weighted by Crippen LogP contribution is 2.32. The maximum atomic E-state index is 12.1. The maximum absolute atomic E-state index is 12.1. The molecule has 0 spiro atoms. The van der Waals surface area contributed by atoms with E-state index in [1.165, 1.54) is 6.08 Å². The summed E-state index contributed by atoms with van der Waals surface area (Å²) in [5.41, 5.74) is 2.01. The summed E-state index contributed by atoms with van der Waals surface area (Å²) in [6.45, 7) is 2.22. The van der Waals surface area contributed by atoms with Crippen LogP contribution in [0.3, 0.4) is 0 Å². The van der Waals surface area contributed by atoms with Gasteiger partial charge < -0.3 is 19.5 Å². The molecule has 1 unspecified atom stereocenters. The van der Waals surface area contributed by atoms with Gasteiger partial charge in [-0.1, -0.05) is 18.2 Å². The van der Waals surface area contributed by atoms with E-state index >= 15 is 0 Å². The van der Waals surface area contributed by atoms with E-state index in [1.807, 2.05) is 49.4 Å². The number of carbonyl (C=O) groups excluding carboxylic acids is 1. The summed E-state index contributed by atoms with van der Waals surface area (Å²) >= 11 is 0. The van der Waals surface area contributed by atoms with Gasteiger partial charge in [0.05, 0.1) is 7.11 Å². The van der Waals surface area contributed by atoms with Gasteiger partial charge in [-0.25, -0.2) is 0 Å². The largest absolute Gasteiger partial charge is 0.497 e. The van der Waals surface area contributed by atoms with Gasteiger partial charge in [0.1, 0.15) is 5.75 Å². The number of ether oxygens (including phenoxy) is 3. The topological polar surface area (TPSA) is 56.8 Å². The fraction of sp³-hybridized carbons (Fsp3) is 0.250.